The van der Waals surface area contributed by atoms with Crippen LogP contribution in [0.3, 0.4) is 0 Å². The Hall–Kier alpha value is -7.88. The molecule has 560 valence electrons. The summed E-state index contributed by atoms with van der Waals surface area (Å²) in [6, 6.07) is 46.5. The molecule has 2 heterocycles. The molecule has 0 N–H and O–H groups in total. The van der Waals surface area contributed by atoms with Gasteiger partial charge in [0, 0.05) is 61.0 Å². The molecule has 0 radical (unpaired) electrons. The summed E-state index contributed by atoms with van der Waals surface area (Å²) >= 11 is 15.0. The number of amides is 4. The van der Waals surface area contributed by atoms with Gasteiger partial charge in [-0.05, 0) is 213 Å². The van der Waals surface area contributed by atoms with Crippen LogP contribution in [0.4, 0.5) is 11.4 Å². The molecule has 13 rings (SSSR count). The Morgan fingerprint density at radius 2 is 0.454 bits per heavy atom. The molecule has 10 nitrogen and oxygen atoms in total. The molecule has 2 aliphatic rings. The van der Waals surface area contributed by atoms with Crippen molar-refractivity contribution >= 4 is 142 Å². The molecular formula is C94H98Br4N2O8. The Balaban J connectivity index is 1.21. The van der Waals surface area contributed by atoms with Gasteiger partial charge >= 0.3 is 0 Å². The van der Waals surface area contributed by atoms with E-state index in [0.29, 0.717) is 95.4 Å². The summed E-state index contributed by atoms with van der Waals surface area (Å²) in [7, 11) is 0. The van der Waals surface area contributed by atoms with Crippen molar-refractivity contribution in [2.45, 2.75) is 200 Å². The van der Waals surface area contributed by atoms with E-state index < -0.39 is 23.6 Å². The number of carbonyl (C=O) groups excluding carboxylic acids is 4. The van der Waals surface area contributed by atoms with E-state index in [9.17, 15) is 0 Å². The summed E-state index contributed by atoms with van der Waals surface area (Å²) in [5.41, 5.74) is 6.73. The Morgan fingerprint density at radius 1 is 0.269 bits per heavy atom. The van der Waals surface area contributed by atoms with Crippen molar-refractivity contribution in [3.8, 4) is 46.0 Å². The zero-order chi connectivity index (χ0) is 78.6. The van der Waals surface area contributed by atoms with Crippen LogP contribution in [0.25, 0.3) is 43.1 Å². The fraction of sp³-hybridized carbons (Fsp3) is 0.362. The first-order valence-corrected chi connectivity index (χ1v) is 40.5. The van der Waals surface area contributed by atoms with Crippen LogP contribution < -0.4 is 28.7 Å². The summed E-state index contributed by atoms with van der Waals surface area (Å²) in [4.78, 5) is 67.9. The smallest absolute Gasteiger partial charge is 0.266 e. The van der Waals surface area contributed by atoms with Crippen LogP contribution in [0.2, 0.25) is 0 Å². The van der Waals surface area contributed by atoms with Crippen molar-refractivity contribution in [1.29, 1.82) is 0 Å². The summed E-state index contributed by atoms with van der Waals surface area (Å²) in [6.45, 7) is 48.9. The van der Waals surface area contributed by atoms with Crippen molar-refractivity contribution in [2.75, 3.05) is 9.80 Å². The van der Waals surface area contributed by atoms with Gasteiger partial charge < -0.3 is 18.9 Å². The number of nitrogens with zero attached hydrogens (tertiary/aromatic N) is 2. The molecule has 2 aliphatic heterocycles. The van der Waals surface area contributed by atoms with Gasteiger partial charge in [0.2, 0.25) is 0 Å². The maximum Gasteiger partial charge on any atom is 0.266 e. The predicted molar refractivity (Wildman–Crippen MR) is 458 cm³/mol. The number of rotatable bonds is 18. The van der Waals surface area contributed by atoms with Crippen LogP contribution in [-0.4, -0.2) is 23.6 Å². The molecule has 11 aromatic rings. The normalized spacial score (nSPS) is 14.2. The van der Waals surface area contributed by atoms with Crippen LogP contribution in [-0.2, 0) is 21.7 Å². The van der Waals surface area contributed by atoms with Crippen molar-refractivity contribution in [2.24, 2.45) is 21.7 Å². The highest BCUT2D eigenvalue weighted by Crippen LogP contribution is 2.59. The van der Waals surface area contributed by atoms with E-state index in [2.05, 4.69) is 251 Å². The van der Waals surface area contributed by atoms with Crippen molar-refractivity contribution in [1.82, 2.24) is 0 Å². The van der Waals surface area contributed by atoms with Crippen LogP contribution in [0.15, 0.2) is 163 Å². The lowest BCUT2D eigenvalue weighted by Crippen LogP contribution is -2.41. The summed E-state index contributed by atoms with van der Waals surface area (Å²) in [5.74, 6) is 0.313. The number of halogens is 4. The minimum absolute atomic E-state index is 0.0231. The molecule has 0 atom stereocenters. The Bertz CT molecular complexity index is 4840. The van der Waals surface area contributed by atoms with Gasteiger partial charge in [0.1, 0.15) is 46.0 Å². The third-order valence-corrected chi connectivity index (χ3v) is 24.6. The number of fused-ring (bicyclic) bond motifs is 2. The maximum absolute atomic E-state index is 16.4. The molecule has 0 saturated carbocycles. The monoisotopic (exact) mass is 1700 g/mol. The Labute approximate surface area is 670 Å². The average molecular weight is 1700 g/mol. The van der Waals surface area contributed by atoms with Crippen LogP contribution >= 0.6 is 63.7 Å². The van der Waals surface area contributed by atoms with Crippen molar-refractivity contribution in [3.05, 3.63) is 219 Å². The largest absolute Gasteiger partial charge is 0.457 e. The van der Waals surface area contributed by atoms with E-state index in [4.69, 9.17) is 18.9 Å². The first-order valence-electron chi connectivity index (χ1n) is 37.3. The predicted octanol–water partition coefficient (Wildman–Crippen LogP) is 29.0. The van der Waals surface area contributed by atoms with Gasteiger partial charge in [-0.2, -0.15) is 0 Å². The van der Waals surface area contributed by atoms with Crippen molar-refractivity contribution in [3.63, 3.8) is 0 Å². The fourth-order valence-corrected chi connectivity index (χ4v) is 20.3. The molecule has 0 unspecified atom stereocenters. The van der Waals surface area contributed by atoms with Gasteiger partial charge in [-0.1, -0.05) is 251 Å². The standard InChI is InChI=1S/C94H98Br4N2O8/c1-51-67(95)39-57(40-68(51)96)99-83(101)63-43-71(105-59-31-23-53(24-32-59)91(15,16)47-87(3,4)5)77-79-73(107-61-35-27-55(28-36-61)93(19,20)49-89(9,10)11)45-65-76-66(86(104)100(85(65)103)58-41-69(97)52(2)70(98)42-58)46-74(108-62-37-29-56(30-38-62)94(21,22)50-90(12,13)14)80(82(76)79)78-72(44-64(84(99)102)75(63)81(77)78)106-60-33-25-54(26-34-60)92(17,18)48-88(6,7)8/h23-46H,47-50H2,1-22H3. The zero-order valence-corrected chi connectivity index (χ0v) is 72.7. The van der Waals surface area contributed by atoms with E-state index in [1.165, 1.54) is 9.80 Å². The molecule has 4 amide bonds. The minimum Gasteiger partial charge on any atom is -0.457 e. The second-order valence-electron chi connectivity index (χ2n) is 37.6. The maximum atomic E-state index is 16.4. The number of imide groups is 2. The topological polar surface area (TPSA) is 112 Å². The van der Waals surface area contributed by atoms with E-state index in [1.54, 1.807) is 48.5 Å². The Kier molecular flexibility index (Phi) is 20.0. The second kappa shape index (κ2) is 27.5. The molecule has 11 aromatic carbocycles. The number of ether oxygens (including phenoxy) is 4. The fourth-order valence-electron chi connectivity index (χ4n) is 17.9. The van der Waals surface area contributed by atoms with Crippen molar-refractivity contribution < 1.29 is 38.1 Å². The minimum atomic E-state index is -0.600. The first-order chi connectivity index (χ1) is 50.1. The van der Waals surface area contributed by atoms with Gasteiger partial charge in [-0.3, -0.25) is 19.2 Å². The molecule has 0 aliphatic carbocycles. The van der Waals surface area contributed by atoms with Crippen LogP contribution in [0, 0.1) is 35.5 Å². The van der Waals surface area contributed by atoms with E-state index in [0.717, 1.165) is 59.1 Å². The average Bonchev–Trinajstić information content (AvgIpc) is 0.670. The van der Waals surface area contributed by atoms with Gasteiger partial charge in [-0.15, -0.1) is 0 Å². The van der Waals surface area contributed by atoms with E-state index in [1.807, 2.05) is 62.4 Å². The van der Waals surface area contributed by atoms with E-state index in [-0.39, 0.29) is 88.6 Å². The SMILES string of the molecule is Cc1c(Br)cc(N2C(=O)c3cc(Oc4ccc(C(C)(C)CC(C)(C)C)cc4)c4c5c(Oc6ccc(C(C)(C)CC(C)(C)C)cc6)cc6c7c(cc(Oc8ccc(C(C)(C)CC(C)(C)C)cc8)c(c8c(Oc9ccc(C(C)(C)CC(C)(C)C)cc9)cc(c3c48)C2=O)c75)C(=O)N(c2cc(Br)c(C)c(Br)c2)C6=O)cc1Br. The first kappa shape index (κ1) is 78.2. The highest BCUT2D eigenvalue weighted by Gasteiger charge is 2.44. The van der Waals surface area contributed by atoms with E-state index >= 15 is 19.2 Å². The zero-order valence-electron chi connectivity index (χ0n) is 66.4. The van der Waals surface area contributed by atoms with Gasteiger partial charge in [0.05, 0.1) is 33.6 Å². The molecule has 0 fully saturated rings. The van der Waals surface area contributed by atoms with Crippen LogP contribution in [0.1, 0.15) is 239 Å². The number of carbonyl (C=O) groups is 4. The lowest BCUT2D eigenvalue weighted by atomic mass is 9.72. The lowest BCUT2D eigenvalue weighted by Gasteiger charge is -2.33. The molecule has 0 saturated heterocycles. The molecule has 108 heavy (non-hydrogen) atoms. The Morgan fingerprint density at radius 3 is 0.630 bits per heavy atom. The molecule has 0 spiro atoms. The quantitative estimate of drug-likeness (QED) is 0.0474. The highest BCUT2D eigenvalue weighted by molar-refractivity contribution is 9.11. The number of hydrogen-bond acceptors (Lipinski definition) is 8. The van der Waals surface area contributed by atoms with Crippen LogP contribution in [0.5, 0.6) is 46.0 Å². The van der Waals surface area contributed by atoms with Gasteiger partial charge in [0.25, 0.3) is 23.6 Å². The molecule has 14 heteroatoms. The van der Waals surface area contributed by atoms with Gasteiger partial charge in [-0.25, -0.2) is 9.80 Å². The third kappa shape index (κ3) is 15.0. The second-order valence-corrected chi connectivity index (χ2v) is 41.1. The number of anilines is 2. The summed E-state index contributed by atoms with van der Waals surface area (Å²) < 4.78 is 32.8. The van der Waals surface area contributed by atoms with Gasteiger partial charge in [0.15, 0.2) is 0 Å². The molecule has 0 aromatic heterocycles. The molecular weight excluding hydrogens is 1600 g/mol. The third-order valence-electron chi connectivity index (χ3n) is 21.3. The highest BCUT2D eigenvalue weighted by atomic mass is 79.9. The number of hydrogen-bond donors (Lipinski definition) is 0. The number of benzene rings is 11. The molecule has 0 bridgehead atoms. The summed E-state index contributed by atoms with van der Waals surface area (Å²) in [6.07, 6.45) is 3.62. The summed E-state index contributed by atoms with van der Waals surface area (Å²) in [5, 5.41) is 3.16. The lowest BCUT2D eigenvalue weighted by molar-refractivity contribution is 0.0877.